The monoisotopic (exact) mass is 435 g/mol. The van der Waals surface area contributed by atoms with Crippen LogP contribution in [0, 0.1) is 13.8 Å². The number of thiophene rings is 1. The first-order valence-electron chi connectivity index (χ1n) is 10.00. The summed E-state index contributed by atoms with van der Waals surface area (Å²) in [5, 5.41) is 2.78. The lowest BCUT2D eigenvalue weighted by Gasteiger charge is -2.12. The van der Waals surface area contributed by atoms with Crippen LogP contribution in [-0.2, 0) is 4.79 Å². The van der Waals surface area contributed by atoms with E-state index in [1.807, 2.05) is 63.2 Å². The molecule has 0 bridgehead atoms. The average molecular weight is 436 g/mol. The number of nitrogens with one attached hydrogen (secondary N) is 1. The van der Waals surface area contributed by atoms with Crippen molar-refractivity contribution in [3.8, 4) is 11.5 Å². The Hall–Kier alpha value is -3.38. The van der Waals surface area contributed by atoms with Gasteiger partial charge < -0.3 is 14.8 Å². The SMILES string of the molecule is CCOc1cc(/C=C/C(=O)c2cc(C)sc2C)ccc1OCC(=O)Nc1ccccc1. The van der Waals surface area contributed by atoms with Crippen molar-refractivity contribution in [2.24, 2.45) is 0 Å². The zero-order chi connectivity index (χ0) is 22.2. The highest BCUT2D eigenvalue weighted by atomic mass is 32.1. The number of ether oxygens (including phenoxy) is 2. The van der Waals surface area contributed by atoms with Gasteiger partial charge in [-0.1, -0.05) is 30.3 Å². The lowest BCUT2D eigenvalue weighted by atomic mass is 10.1. The number of hydrogen-bond donors (Lipinski definition) is 1. The largest absolute Gasteiger partial charge is 0.490 e. The molecule has 1 aromatic heterocycles. The molecule has 0 aliphatic carbocycles. The number of carbonyl (C=O) groups is 2. The van der Waals surface area contributed by atoms with Crippen LogP contribution < -0.4 is 14.8 Å². The molecule has 0 saturated heterocycles. The van der Waals surface area contributed by atoms with Crippen molar-refractivity contribution < 1.29 is 19.1 Å². The van der Waals surface area contributed by atoms with Gasteiger partial charge in [-0.3, -0.25) is 9.59 Å². The van der Waals surface area contributed by atoms with Gasteiger partial charge in [-0.25, -0.2) is 0 Å². The summed E-state index contributed by atoms with van der Waals surface area (Å²) in [7, 11) is 0. The van der Waals surface area contributed by atoms with Crippen molar-refractivity contribution in [2.45, 2.75) is 20.8 Å². The highest BCUT2D eigenvalue weighted by Gasteiger charge is 2.11. The molecule has 160 valence electrons. The molecule has 1 N–H and O–H groups in total. The van der Waals surface area contributed by atoms with Gasteiger partial charge in [-0.2, -0.15) is 0 Å². The fourth-order valence-corrected chi connectivity index (χ4v) is 3.94. The molecule has 31 heavy (non-hydrogen) atoms. The number of rotatable bonds is 9. The predicted molar refractivity (Wildman–Crippen MR) is 125 cm³/mol. The molecule has 1 amide bonds. The quantitative estimate of drug-likeness (QED) is 0.347. The van der Waals surface area contributed by atoms with E-state index in [0.717, 1.165) is 20.9 Å². The summed E-state index contributed by atoms with van der Waals surface area (Å²) >= 11 is 1.61. The maximum atomic E-state index is 12.5. The first-order valence-corrected chi connectivity index (χ1v) is 10.8. The number of anilines is 1. The van der Waals surface area contributed by atoms with E-state index in [9.17, 15) is 9.59 Å². The Morgan fingerprint density at radius 1 is 1.00 bits per heavy atom. The fourth-order valence-electron chi connectivity index (χ4n) is 3.01. The number of para-hydroxylation sites is 1. The van der Waals surface area contributed by atoms with Crippen molar-refractivity contribution >= 4 is 34.8 Å². The second-order valence-corrected chi connectivity index (χ2v) is 8.33. The zero-order valence-electron chi connectivity index (χ0n) is 17.8. The van der Waals surface area contributed by atoms with Gasteiger partial charge in [0.05, 0.1) is 6.61 Å². The molecule has 0 radical (unpaired) electrons. The molecule has 2 aromatic carbocycles. The summed E-state index contributed by atoms with van der Waals surface area (Å²) in [6, 6.07) is 16.5. The summed E-state index contributed by atoms with van der Waals surface area (Å²) in [5.74, 6) is 0.701. The standard InChI is InChI=1S/C25H25NO4S/c1-4-29-24-15-19(10-12-22(27)21-14-17(2)31-18(21)3)11-13-23(24)30-16-25(28)26-20-8-6-5-7-9-20/h5-15H,4,16H2,1-3H3,(H,26,28)/b12-10+. The van der Waals surface area contributed by atoms with Crippen LogP contribution in [0.25, 0.3) is 6.08 Å². The minimum Gasteiger partial charge on any atom is -0.490 e. The number of ketones is 1. The number of carbonyl (C=O) groups excluding carboxylic acids is 2. The van der Waals surface area contributed by atoms with Crippen LogP contribution in [0.4, 0.5) is 5.69 Å². The van der Waals surface area contributed by atoms with Gasteiger partial charge in [-0.05, 0) is 62.7 Å². The molecule has 0 aliphatic heterocycles. The molecule has 6 heteroatoms. The Morgan fingerprint density at radius 2 is 1.77 bits per heavy atom. The molecule has 0 atom stereocenters. The first kappa shape index (κ1) is 22.3. The predicted octanol–water partition coefficient (Wildman–Crippen LogP) is 5.68. The highest BCUT2D eigenvalue weighted by Crippen LogP contribution is 2.29. The molecule has 0 aliphatic rings. The van der Waals surface area contributed by atoms with E-state index in [4.69, 9.17) is 9.47 Å². The summed E-state index contributed by atoms with van der Waals surface area (Å²) in [6.07, 6.45) is 3.32. The van der Waals surface area contributed by atoms with Gasteiger partial charge >= 0.3 is 0 Å². The molecular formula is C25H25NO4S. The maximum Gasteiger partial charge on any atom is 0.262 e. The third kappa shape index (κ3) is 6.30. The van der Waals surface area contributed by atoms with Crippen LogP contribution >= 0.6 is 11.3 Å². The van der Waals surface area contributed by atoms with E-state index in [1.165, 1.54) is 0 Å². The van der Waals surface area contributed by atoms with Crippen LogP contribution in [0.5, 0.6) is 11.5 Å². The molecule has 3 rings (SSSR count). The maximum absolute atomic E-state index is 12.5. The van der Waals surface area contributed by atoms with E-state index in [1.54, 1.807) is 35.6 Å². The van der Waals surface area contributed by atoms with Crippen molar-refractivity contribution in [1.29, 1.82) is 0 Å². The zero-order valence-corrected chi connectivity index (χ0v) is 18.6. The van der Waals surface area contributed by atoms with E-state index < -0.39 is 0 Å². The van der Waals surface area contributed by atoms with E-state index in [2.05, 4.69) is 5.32 Å². The molecule has 0 saturated carbocycles. The normalized spacial score (nSPS) is 10.8. The summed E-state index contributed by atoms with van der Waals surface area (Å²) < 4.78 is 11.3. The number of allylic oxidation sites excluding steroid dienone is 1. The Labute approximate surface area is 186 Å². The minimum atomic E-state index is -0.260. The van der Waals surface area contributed by atoms with Gasteiger partial charge in [0.2, 0.25) is 0 Å². The van der Waals surface area contributed by atoms with Gasteiger partial charge in [0.1, 0.15) is 0 Å². The van der Waals surface area contributed by atoms with Crippen LogP contribution in [0.3, 0.4) is 0 Å². The summed E-state index contributed by atoms with van der Waals surface area (Å²) in [6.45, 7) is 6.13. The highest BCUT2D eigenvalue weighted by molar-refractivity contribution is 7.12. The molecule has 0 unspecified atom stereocenters. The molecular weight excluding hydrogens is 410 g/mol. The first-order chi connectivity index (χ1) is 15.0. The van der Waals surface area contributed by atoms with Gasteiger partial charge in [0.15, 0.2) is 23.9 Å². The second kappa shape index (κ2) is 10.6. The van der Waals surface area contributed by atoms with Crippen molar-refractivity contribution in [3.63, 3.8) is 0 Å². The van der Waals surface area contributed by atoms with Gasteiger partial charge in [0, 0.05) is 21.0 Å². The van der Waals surface area contributed by atoms with Crippen LogP contribution in [0.1, 0.15) is 32.6 Å². The van der Waals surface area contributed by atoms with Crippen LogP contribution in [0.2, 0.25) is 0 Å². The lowest BCUT2D eigenvalue weighted by Crippen LogP contribution is -2.20. The molecule has 0 spiro atoms. The Kier molecular flexibility index (Phi) is 7.62. The summed E-state index contributed by atoms with van der Waals surface area (Å²) in [4.78, 5) is 26.7. The molecule has 5 nitrogen and oxygen atoms in total. The van der Waals surface area contributed by atoms with E-state index >= 15 is 0 Å². The van der Waals surface area contributed by atoms with Crippen molar-refractivity contribution in [3.05, 3.63) is 81.6 Å². The number of amides is 1. The van der Waals surface area contributed by atoms with Crippen molar-refractivity contribution in [2.75, 3.05) is 18.5 Å². The minimum absolute atomic E-state index is 0.0299. The lowest BCUT2D eigenvalue weighted by molar-refractivity contribution is -0.118. The van der Waals surface area contributed by atoms with E-state index in [0.29, 0.717) is 23.8 Å². The topological polar surface area (TPSA) is 64.6 Å². The second-order valence-electron chi connectivity index (χ2n) is 6.87. The third-order valence-electron chi connectivity index (χ3n) is 4.42. The van der Waals surface area contributed by atoms with Gasteiger partial charge in [-0.15, -0.1) is 11.3 Å². The third-order valence-corrected chi connectivity index (χ3v) is 5.38. The van der Waals surface area contributed by atoms with Gasteiger partial charge in [0.25, 0.3) is 5.91 Å². The fraction of sp³-hybridized carbons (Fsp3) is 0.200. The summed E-state index contributed by atoms with van der Waals surface area (Å²) in [5.41, 5.74) is 2.25. The Balaban J connectivity index is 1.66. The van der Waals surface area contributed by atoms with Crippen molar-refractivity contribution in [1.82, 2.24) is 0 Å². The van der Waals surface area contributed by atoms with E-state index in [-0.39, 0.29) is 18.3 Å². The molecule has 1 heterocycles. The smallest absolute Gasteiger partial charge is 0.262 e. The molecule has 0 fully saturated rings. The molecule has 3 aromatic rings. The van der Waals surface area contributed by atoms with Crippen LogP contribution in [0.15, 0.2) is 60.7 Å². The average Bonchev–Trinajstić information content (AvgIpc) is 3.10. The number of hydrogen-bond acceptors (Lipinski definition) is 5. The van der Waals surface area contributed by atoms with Crippen LogP contribution in [-0.4, -0.2) is 24.9 Å². The Morgan fingerprint density at radius 3 is 2.45 bits per heavy atom. The number of benzene rings is 2. The number of aryl methyl sites for hydroxylation is 2. The Bertz CT molecular complexity index is 1090.